The number of primary amides is 1. The van der Waals surface area contributed by atoms with E-state index in [1.807, 2.05) is 6.07 Å². The summed E-state index contributed by atoms with van der Waals surface area (Å²) < 4.78 is 23.3. The first-order valence-corrected chi connectivity index (χ1v) is 8.01. The van der Waals surface area contributed by atoms with Gasteiger partial charge in [-0.3, -0.25) is 4.79 Å². The normalized spacial score (nSPS) is 21.4. The summed E-state index contributed by atoms with van der Waals surface area (Å²) in [6, 6.07) is 7.03. The number of carbonyl (C=O) groups excluding carboxylic acids is 1. The minimum atomic E-state index is -2.90. The number of nitrogens with two attached hydrogens (primary N) is 1. The minimum Gasteiger partial charge on any atom is -0.366 e. The molecule has 2 rings (SSSR count). The maximum absolute atomic E-state index is 11.6. The molecule has 0 bridgehead atoms. The molecule has 0 aliphatic carbocycles. The van der Waals surface area contributed by atoms with Gasteiger partial charge in [0.2, 0.25) is 5.91 Å². The van der Waals surface area contributed by atoms with E-state index in [0.29, 0.717) is 24.4 Å². The zero-order valence-electron chi connectivity index (χ0n) is 10.6. The lowest BCUT2D eigenvalue weighted by molar-refractivity contribution is 0.1000. The van der Waals surface area contributed by atoms with Gasteiger partial charge in [0.1, 0.15) is 0 Å². The summed E-state index contributed by atoms with van der Waals surface area (Å²) in [5.74, 6) is -0.156. The summed E-state index contributed by atoms with van der Waals surface area (Å²) in [4.78, 5) is 11.0. The lowest BCUT2D eigenvalue weighted by atomic mass is 10.1. The molecule has 104 valence electrons. The van der Waals surface area contributed by atoms with Crippen LogP contribution in [0.1, 0.15) is 28.8 Å². The molecule has 0 spiro atoms. The number of sulfone groups is 1. The van der Waals surface area contributed by atoms with Crippen molar-refractivity contribution in [1.82, 2.24) is 5.32 Å². The van der Waals surface area contributed by atoms with Crippen molar-refractivity contribution in [2.24, 2.45) is 5.73 Å². The molecule has 1 aromatic carbocycles. The average Bonchev–Trinajstić information content (AvgIpc) is 2.69. The molecular formula is C13H18N2O3S. The molecule has 1 heterocycles. The van der Waals surface area contributed by atoms with Gasteiger partial charge in [-0.2, -0.15) is 0 Å². The fourth-order valence-corrected chi connectivity index (χ4v) is 4.10. The second-order valence-electron chi connectivity index (χ2n) is 4.83. The third-order valence-electron chi connectivity index (χ3n) is 3.38. The lowest BCUT2D eigenvalue weighted by Gasteiger charge is -2.11. The van der Waals surface area contributed by atoms with Crippen LogP contribution < -0.4 is 11.1 Å². The van der Waals surface area contributed by atoms with Crippen LogP contribution in [0.3, 0.4) is 0 Å². The van der Waals surface area contributed by atoms with E-state index in [1.54, 1.807) is 18.2 Å². The quantitative estimate of drug-likeness (QED) is 0.820. The van der Waals surface area contributed by atoms with Crippen LogP contribution in [0.4, 0.5) is 0 Å². The summed E-state index contributed by atoms with van der Waals surface area (Å²) in [7, 11) is -2.90. The predicted molar refractivity (Wildman–Crippen MR) is 73.5 cm³/mol. The monoisotopic (exact) mass is 282 g/mol. The minimum absolute atomic E-state index is 0.271. The zero-order valence-corrected chi connectivity index (χ0v) is 11.4. The standard InChI is InChI=1S/C13H18N2O3S/c14-13(16)11-4-1-3-10(7-11)8-15-9-12-5-2-6-19(12,17)18/h1,3-4,7,12,15H,2,5-6,8-9H2,(H2,14,16). The first-order valence-electron chi connectivity index (χ1n) is 6.30. The fourth-order valence-electron chi connectivity index (χ4n) is 2.30. The van der Waals surface area contributed by atoms with Crippen LogP contribution in [-0.2, 0) is 16.4 Å². The molecule has 1 saturated heterocycles. The van der Waals surface area contributed by atoms with Crippen molar-refractivity contribution in [2.45, 2.75) is 24.6 Å². The molecule has 5 nitrogen and oxygen atoms in total. The van der Waals surface area contributed by atoms with Crippen molar-refractivity contribution in [1.29, 1.82) is 0 Å². The van der Waals surface area contributed by atoms with Crippen molar-refractivity contribution in [3.05, 3.63) is 35.4 Å². The highest BCUT2D eigenvalue weighted by atomic mass is 32.2. The summed E-state index contributed by atoms with van der Waals surface area (Å²) in [6.07, 6.45) is 1.49. The molecule has 0 radical (unpaired) electrons. The van der Waals surface area contributed by atoms with Crippen molar-refractivity contribution in [3.8, 4) is 0 Å². The molecule has 1 aromatic rings. The topological polar surface area (TPSA) is 89.3 Å². The van der Waals surface area contributed by atoms with Crippen LogP contribution in [0.2, 0.25) is 0 Å². The Kier molecular flexibility index (Phi) is 4.21. The van der Waals surface area contributed by atoms with Crippen molar-refractivity contribution >= 4 is 15.7 Å². The number of benzene rings is 1. The van der Waals surface area contributed by atoms with Gasteiger partial charge in [0.05, 0.1) is 11.0 Å². The van der Waals surface area contributed by atoms with Gasteiger partial charge in [0.25, 0.3) is 0 Å². The largest absolute Gasteiger partial charge is 0.366 e. The van der Waals surface area contributed by atoms with Crippen LogP contribution >= 0.6 is 0 Å². The van der Waals surface area contributed by atoms with Crippen molar-refractivity contribution in [3.63, 3.8) is 0 Å². The van der Waals surface area contributed by atoms with Gasteiger partial charge < -0.3 is 11.1 Å². The van der Waals surface area contributed by atoms with E-state index in [4.69, 9.17) is 5.73 Å². The first-order chi connectivity index (χ1) is 8.99. The molecule has 1 amide bonds. The first kappa shape index (κ1) is 14.0. The Bertz CT molecular complexity index is 569. The Hall–Kier alpha value is -1.40. The predicted octanol–water partition coefficient (Wildman–Crippen LogP) is 0.452. The molecule has 3 N–H and O–H groups in total. The highest BCUT2D eigenvalue weighted by Crippen LogP contribution is 2.19. The van der Waals surface area contributed by atoms with Crippen LogP contribution in [-0.4, -0.2) is 31.9 Å². The van der Waals surface area contributed by atoms with Crippen LogP contribution in [0.25, 0.3) is 0 Å². The molecule has 19 heavy (non-hydrogen) atoms. The Morgan fingerprint density at radius 3 is 2.84 bits per heavy atom. The summed E-state index contributed by atoms with van der Waals surface area (Å²) >= 11 is 0. The summed E-state index contributed by atoms with van der Waals surface area (Å²) in [6.45, 7) is 0.996. The van der Waals surface area contributed by atoms with Gasteiger partial charge in [-0.1, -0.05) is 12.1 Å². The average molecular weight is 282 g/mol. The number of nitrogens with one attached hydrogen (secondary N) is 1. The van der Waals surface area contributed by atoms with Crippen molar-refractivity contribution < 1.29 is 13.2 Å². The maximum atomic E-state index is 11.6. The second-order valence-corrected chi connectivity index (χ2v) is 7.23. The molecule has 1 aliphatic rings. The Morgan fingerprint density at radius 2 is 2.21 bits per heavy atom. The number of carbonyl (C=O) groups is 1. The van der Waals surface area contributed by atoms with Crippen molar-refractivity contribution in [2.75, 3.05) is 12.3 Å². The Morgan fingerprint density at radius 1 is 1.42 bits per heavy atom. The molecular weight excluding hydrogens is 264 g/mol. The second kappa shape index (κ2) is 5.71. The Labute approximate surface area is 113 Å². The van der Waals surface area contributed by atoms with Gasteiger partial charge in [0, 0.05) is 18.7 Å². The fraction of sp³-hybridized carbons (Fsp3) is 0.462. The van der Waals surface area contributed by atoms with Crippen LogP contribution in [0.5, 0.6) is 0 Å². The molecule has 1 atom stereocenters. The third-order valence-corrected chi connectivity index (χ3v) is 5.65. The van der Waals surface area contributed by atoms with Gasteiger partial charge in [0.15, 0.2) is 9.84 Å². The van der Waals surface area contributed by atoms with Crippen LogP contribution in [0.15, 0.2) is 24.3 Å². The summed E-state index contributed by atoms with van der Waals surface area (Å²) in [5, 5.41) is 2.86. The molecule has 0 saturated carbocycles. The molecule has 1 aliphatic heterocycles. The molecule has 6 heteroatoms. The zero-order chi connectivity index (χ0) is 13.9. The van der Waals surface area contributed by atoms with E-state index in [-0.39, 0.29) is 5.25 Å². The van der Waals surface area contributed by atoms with Crippen LogP contribution in [0, 0.1) is 0 Å². The molecule has 1 unspecified atom stereocenters. The number of hydrogen-bond donors (Lipinski definition) is 2. The maximum Gasteiger partial charge on any atom is 0.248 e. The summed E-state index contributed by atoms with van der Waals surface area (Å²) in [5.41, 5.74) is 6.60. The van der Waals surface area contributed by atoms with E-state index in [2.05, 4.69) is 5.32 Å². The van der Waals surface area contributed by atoms with Gasteiger partial charge in [-0.05, 0) is 30.5 Å². The Balaban J connectivity index is 1.89. The molecule has 1 fully saturated rings. The van der Waals surface area contributed by atoms with E-state index < -0.39 is 15.7 Å². The van der Waals surface area contributed by atoms with E-state index in [1.165, 1.54) is 0 Å². The third kappa shape index (κ3) is 3.54. The van der Waals surface area contributed by atoms with E-state index in [0.717, 1.165) is 18.4 Å². The van der Waals surface area contributed by atoms with Gasteiger partial charge in [-0.25, -0.2) is 8.42 Å². The SMILES string of the molecule is NC(=O)c1cccc(CNCC2CCCS2(=O)=O)c1. The number of rotatable bonds is 5. The lowest BCUT2D eigenvalue weighted by Crippen LogP contribution is -2.30. The number of hydrogen-bond acceptors (Lipinski definition) is 4. The highest BCUT2D eigenvalue weighted by Gasteiger charge is 2.30. The van der Waals surface area contributed by atoms with Gasteiger partial charge in [-0.15, -0.1) is 0 Å². The molecule has 0 aromatic heterocycles. The number of amides is 1. The smallest absolute Gasteiger partial charge is 0.248 e. The van der Waals surface area contributed by atoms with E-state index in [9.17, 15) is 13.2 Å². The van der Waals surface area contributed by atoms with E-state index >= 15 is 0 Å². The highest BCUT2D eigenvalue weighted by molar-refractivity contribution is 7.92. The van der Waals surface area contributed by atoms with Gasteiger partial charge >= 0.3 is 0 Å².